The molecule has 0 unspecified atom stereocenters. The third-order valence-electron chi connectivity index (χ3n) is 16.6. The fourth-order valence-corrected chi connectivity index (χ4v) is 11.5. The fraction of sp³-hybridized carbons (Fsp3) is 0.338. The van der Waals surface area contributed by atoms with E-state index in [4.69, 9.17) is 35.9 Å². The largest absolute Gasteiger partial charge is 1.00 e. The number of alkyl halides is 7. The van der Waals surface area contributed by atoms with E-state index in [2.05, 4.69) is 29.2 Å². The third-order valence-corrected chi connectivity index (χ3v) is 16.9. The molecule has 1 N–H and O–H groups in total. The van der Waals surface area contributed by atoms with Crippen molar-refractivity contribution in [1.82, 2.24) is 19.6 Å². The van der Waals surface area contributed by atoms with Gasteiger partial charge in [0.25, 0.3) is 12.4 Å². The predicted octanol–water partition coefficient (Wildman–Crippen LogP) is 10.4. The Morgan fingerprint density at radius 3 is 1.15 bits per heavy atom. The summed E-state index contributed by atoms with van der Waals surface area (Å²) in [5.74, 6) is -1.49. The molecule has 0 saturated carbocycles. The first kappa shape index (κ1) is 86.9. The number of likely N-dealkylation sites (N-methyl/N-ethyl adjacent to an activating group) is 1. The Morgan fingerprint density at radius 2 is 0.845 bits per heavy atom. The zero-order chi connectivity index (χ0) is 74.3. The second-order valence-electron chi connectivity index (χ2n) is 26.6. The molecule has 17 nitrogen and oxygen atoms in total. The van der Waals surface area contributed by atoms with E-state index >= 15 is 0 Å². The Balaban J connectivity index is 0.000000377. The molecule has 2 aliphatic heterocycles. The number of carbonyl (C=O) groups is 7. The quantitative estimate of drug-likeness (QED) is 0.0176. The summed E-state index contributed by atoms with van der Waals surface area (Å²) in [6.45, 7) is 13.0. The molecule has 0 aromatic heterocycles. The van der Waals surface area contributed by atoms with Crippen LogP contribution in [0.1, 0.15) is 123 Å². The summed E-state index contributed by atoms with van der Waals surface area (Å²) >= 11 is 5.16. The van der Waals surface area contributed by atoms with Crippen LogP contribution in [0.3, 0.4) is 0 Å². The molecule has 2 saturated heterocycles. The molecular formula is C77H81ClF6K2N4O13. The molecule has 0 bridgehead atoms. The number of hydrogen-bond donors (Lipinski definition) is 1. The number of rotatable bonds is 12. The maximum Gasteiger partial charge on any atom is 1.00 e. The molecule has 0 radical (unpaired) electrons. The van der Waals surface area contributed by atoms with E-state index < -0.39 is 53.2 Å². The topological polar surface area (TPSA) is 213 Å². The molecule has 2 aliphatic rings. The molecule has 2 fully saturated rings. The van der Waals surface area contributed by atoms with E-state index in [0.717, 1.165) is 94.1 Å². The van der Waals surface area contributed by atoms with Gasteiger partial charge in [-0.15, -0.1) is 11.6 Å². The minimum atomic E-state index is -4.44. The summed E-state index contributed by atoms with van der Waals surface area (Å²) in [7, 11) is 6.48. The summed E-state index contributed by atoms with van der Waals surface area (Å²) in [5, 5.41) is 21.3. The minimum absolute atomic E-state index is 0. The number of ether oxygens (including phenoxy) is 3. The van der Waals surface area contributed by atoms with Crippen LogP contribution >= 0.6 is 11.6 Å². The van der Waals surface area contributed by atoms with Gasteiger partial charge in [-0.2, -0.15) is 26.3 Å². The number of carboxylic acids is 1. The van der Waals surface area contributed by atoms with Crippen LogP contribution in [0.4, 0.5) is 35.9 Å². The SMILES string of the molecule is CC(C)(C)OC(=O)N1CCC(c2ccc(-c3cc(C(=O)O)cc4cc(-c5ccc(C(F)(F)F)cc5)ccc34)cc2)CC1.CN(C)C(=O)CCl.CN(C)C(=O)COC(=O)c1cc(-c2ccc(C3CCN(C(=O)OC(C)(C)C)CC3)cc2)c2ccc(-c3ccc(C(F)(F)F)cc3)cc2c1.O=CO[O-].[H-].[K+].[K+]. The van der Waals surface area contributed by atoms with Crippen molar-refractivity contribution in [2.24, 2.45) is 0 Å². The van der Waals surface area contributed by atoms with Gasteiger partial charge >= 0.3 is 139 Å². The Bertz CT molecular complexity index is 4240. The monoisotopic (exact) mass is 1500 g/mol. The van der Waals surface area contributed by atoms with Crippen molar-refractivity contribution in [3.63, 3.8) is 0 Å². The zero-order valence-electron chi connectivity index (χ0n) is 60.6. The van der Waals surface area contributed by atoms with E-state index in [9.17, 15) is 60.2 Å². The van der Waals surface area contributed by atoms with Crippen molar-refractivity contribution in [2.75, 3.05) is 66.9 Å². The predicted molar refractivity (Wildman–Crippen MR) is 373 cm³/mol. The van der Waals surface area contributed by atoms with E-state index in [1.807, 2.05) is 96.1 Å². The van der Waals surface area contributed by atoms with Crippen molar-refractivity contribution in [2.45, 2.75) is 103 Å². The summed E-state index contributed by atoms with van der Waals surface area (Å²) in [6, 6.07) is 43.8. The Morgan fingerprint density at radius 1 is 0.515 bits per heavy atom. The Hall–Kier alpha value is -6.73. The van der Waals surface area contributed by atoms with Crippen molar-refractivity contribution in [1.29, 1.82) is 0 Å². The molecule has 0 aliphatic carbocycles. The first-order valence-electron chi connectivity index (χ1n) is 32.2. The first-order valence-corrected chi connectivity index (χ1v) is 32.8. The molecular weight excluding hydrogens is 1420 g/mol. The number of halogens is 7. The summed E-state index contributed by atoms with van der Waals surface area (Å²) in [6.07, 6.45) is -6.18. The standard InChI is InChI=1S/C38H39F3N2O5.C34H32F3NO4.C4H8ClNO.CH2O3.2K.H/c1-37(2,3)48-36(46)43-18-16-26(17-19-43)24-6-8-27(9-7-24)33-22-30(35(45)47-23-34(44)42(4)5)21-29-20-28(12-15-32(29)33)25-10-13-31(14-11-25)38(39,40)41;1-33(2,3)42-32(41)38-16-14-23(15-17-38)21-4-6-24(7-5-21)30-20-27(31(39)40)19-26-18-25(10-13-29(26)30)22-8-11-28(12-9-22)34(35,36)37;1-6(2)4(7)3-5;2-1-4-3;;;/h6-15,20-22,26H,16-19,23H2,1-5H3;4-13,18-20,23H,14-17H2,1-3H3,(H,39,40);3H2,1-2H3;1,3H;;;/q;;;;2*+1;-1/p-1. The van der Waals surface area contributed by atoms with Gasteiger partial charge in [-0.3, -0.25) is 14.4 Å². The number of carbonyl (C=O) groups excluding carboxylic acids is 6. The molecule has 26 heteroatoms. The summed E-state index contributed by atoms with van der Waals surface area (Å²) < 4.78 is 94.8. The van der Waals surface area contributed by atoms with Gasteiger partial charge in [-0.25, -0.2) is 19.2 Å². The molecule has 538 valence electrons. The van der Waals surface area contributed by atoms with E-state index in [0.29, 0.717) is 65.1 Å². The molecule has 8 aromatic carbocycles. The van der Waals surface area contributed by atoms with Crippen LogP contribution < -0.4 is 108 Å². The van der Waals surface area contributed by atoms with Crippen LogP contribution in [0.5, 0.6) is 0 Å². The second kappa shape index (κ2) is 38.5. The van der Waals surface area contributed by atoms with E-state index in [-0.39, 0.29) is 158 Å². The van der Waals surface area contributed by atoms with Gasteiger partial charge in [0.1, 0.15) is 17.1 Å². The average molecular weight is 1500 g/mol. The van der Waals surface area contributed by atoms with Gasteiger partial charge in [0.15, 0.2) is 6.61 Å². The van der Waals surface area contributed by atoms with Gasteiger partial charge in [0.2, 0.25) is 5.91 Å². The molecule has 8 aromatic rings. The smallest absolute Gasteiger partial charge is 1.00 e. The number of piperidine rings is 2. The van der Waals surface area contributed by atoms with Crippen molar-refractivity contribution in [3.8, 4) is 44.5 Å². The summed E-state index contributed by atoms with van der Waals surface area (Å²) in [5.41, 5.74) is 5.96. The fourth-order valence-electron chi connectivity index (χ4n) is 11.3. The van der Waals surface area contributed by atoms with Crippen LogP contribution in [0.2, 0.25) is 0 Å². The molecule has 4 amide bonds. The van der Waals surface area contributed by atoms with E-state index in [1.54, 1.807) is 68.3 Å². The van der Waals surface area contributed by atoms with E-state index in [1.165, 1.54) is 34.1 Å². The minimum Gasteiger partial charge on any atom is -1.00 e. The number of carboxylic acid groups (broad SMARTS) is 1. The average Bonchev–Trinajstić information content (AvgIpc) is 0.777. The van der Waals surface area contributed by atoms with Gasteiger partial charge in [0.05, 0.1) is 22.3 Å². The van der Waals surface area contributed by atoms with Crippen LogP contribution in [-0.4, -0.2) is 145 Å². The van der Waals surface area contributed by atoms with Gasteiger partial charge in [0, 0.05) is 54.4 Å². The number of aromatic carboxylic acids is 1. The molecule has 10 rings (SSSR count). The number of hydrogen-bond acceptors (Lipinski definition) is 12. The normalized spacial score (nSPS) is 13.3. The Kier molecular flexibility index (Phi) is 32.5. The first-order chi connectivity index (χ1) is 47.5. The van der Waals surface area contributed by atoms with Crippen LogP contribution in [0, 0.1) is 0 Å². The van der Waals surface area contributed by atoms with Crippen molar-refractivity contribution < 1.29 is 194 Å². The van der Waals surface area contributed by atoms with Crippen LogP contribution in [-0.2, 0) is 45.8 Å². The number of likely N-dealkylation sites (tertiary alicyclic amines) is 2. The van der Waals surface area contributed by atoms with Gasteiger partial charge < -0.3 is 50.5 Å². The van der Waals surface area contributed by atoms with Gasteiger partial charge in [-0.05, 0) is 217 Å². The number of esters is 1. The number of amides is 4. The maximum absolute atomic E-state index is 13.2. The molecule has 103 heavy (non-hydrogen) atoms. The van der Waals surface area contributed by atoms with Gasteiger partial charge in [-0.1, -0.05) is 97.1 Å². The molecule has 0 spiro atoms. The number of benzene rings is 8. The second-order valence-corrected chi connectivity index (χ2v) is 26.8. The molecule has 0 atom stereocenters. The van der Waals surface area contributed by atoms with Crippen LogP contribution in [0.15, 0.2) is 158 Å². The van der Waals surface area contributed by atoms with Crippen molar-refractivity contribution in [3.05, 3.63) is 191 Å². The third kappa shape index (κ3) is 25.2. The zero-order valence-corrected chi connectivity index (χ0v) is 66.6. The summed E-state index contributed by atoms with van der Waals surface area (Å²) in [4.78, 5) is 90.0. The number of nitrogens with zero attached hydrogens (tertiary/aromatic N) is 4. The molecule has 2 heterocycles. The maximum atomic E-state index is 13.2. The Labute approximate surface area is 686 Å². The van der Waals surface area contributed by atoms with Crippen molar-refractivity contribution >= 4 is 75.6 Å². The van der Waals surface area contributed by atoms with Crippen LogP contribution in [0.25, 0.3) is 66.1 Å². The number of fused-ring (bicyclic) bond motifs is 2.